The van der Waals surface area contributed by atoms with Gasteiger partial charge in [0.25, 0.3) is 0 Å². The molecule has 0 unspecified atom stereocenters. The van der Waals surface area contributed by atoms with Crippen LogP contribution >= 0.6 is 0 Å². The molecule has 5 nitrogen and oxygen atoms in total. The molecule has 0 spiro atoms. The third-order valence-electron chi connectivity index (χ3n) is 2.79. The van der Waals surface area contributed by atoms with Gasteiger partial charge >= 0.3 is 5.97 Å². The van der Waals surface area contributed by atoms with E-state index in [2.05, 4.69) is 0 Å². The highest BCUT2D eigenvalue weighted by Gasteiger charge is 2.30. The van der Waals surface area contributed by atoms with Gasteiger partial charge in [0.1, 0.15) is 6.61 Å². The van der Waals surface area contributed by atoms with Gasteiger partial charge in [-0.25, -0.2) is 0 Å². The van der Waals surface area contributed by atoms with Gasteiger partial charge in [-0.2, -0.15) is 0 Å². The van der Waals surface area contributed by atoms with Crippen molar-refractivity contribution in [1.82, 2.24) is 0 Å². The van der Waals surface area contributed by atoms with Crippen molar-refractivity contribution in [3.05, 3.63) is 23.8 Å². The van der Waals surface area contributed by atoms with Gasteiger partial charge in [0.05, 0.1) is 19.6 Å². The summed E-state index contributed by atoms with van der Waals surface area (Å²) in [5.74, 6) is 0.866. The van der Waals surface area contributed by atoms with Crippen LogP contribution in [0.2, 0.25) is 0 Å². The van der Waals surface area contributed by atoms with E-state index in [0.717, 1.165) is 5.56 Å². The Labute approximate surface area is 113 Å². The summed E-state index contributed by atoms with van der Waals surface area (Å²) in [6.07, 6.45) is 0. The summed E-state index contributed by atoms with van der Waals surface area (Å²) in [6, 6.07) is 5.47. The van der Waals surface area contributed by atoms with Crippen molar-refractivity contribution in [3.8, 4) is 11.5 Å². The van der Waals surface area contributed by atoms with Crippen molar-refractivity contribution in [2.75, 3.05) is 20.8 Å². The zero-order valence-corrected chi connectivity index (χ0v) is 11.9. The molecule has 0 radical (unpaired) electrons. The van der Waals surface area contributed by atoms with Crippen LogP contribution in [0.15, 0.2) is 18.2 Å². The summed E-state index contributed by atoms with van der Waals surface area (Å²) in [4.78, 5) is 11.6. The number of esters is 1. The van der Waals surface area contributed by atoms with Crippen LogP contribution in [-0.4, -0.2) is 26.8 Å². The molecule has 1 rings (SSSR count). The minimum absolute atomic E-state index is 0.206. The van der Waals surface area contributed by atoms with E-state index >= 15 is 0 Å². The zero-order chi connectivity index (χ0) is 14.5. The Bertz CT molecular complexity index is 443. The topological polar surface area (TPSA) is 70.8 Å². The number of hydrogen-bond acceptors (Lipinski definition) is 5. The molecular weight excluding hydrogens is 246 g/mol. The second kappa shape index (κ2) is 6.43. The van der Waals surface area contributed by atoms with Gasteiger partial charge in [-0.15, -0.1) is 0 Å². The maximum absolute atomic E-state index is 11.6. The number of carbonyl (C=O) groups excluding carboxylic acids is 1. The van der Waals surface area contributed by atoms with Crippen molar-refractivity contribution in [1.29, 1.82) is 0 Å². The number of benzene rings is 1. The molecule has 1 aromatic rings. The molecular formula is C14H21NO4. The van der Waals surface area contributed by atoms with E-state index in [1.807, 2.05) is 12.1 Å². The highest BCUT2D eigenvalue weighted by atomic mass is 16.5. The molecule has 0 aliphatic heterocycles. The van der Waals surface area contributed by atoms with E-state index in [1.165, 1.54) is 7.11 Å². The van der Waals surface area contributed by atoms with E-state index < -0.39 is 5.41 Å². The molecule has 0 saturated carbocycles. The van der Waals surface area contributed by atoms with Crippen molar-refractivity contribution in [3.63, 3.8) is 0 Å². The second-order valence-electron chi connectivity index (χ2n) is 4.85. The zero-order valence-electron chi connectivity index (χ0n) is 11.9. The smallest absolute Gasteiger partial charge is 0.314 e. The van der Waals surface area contributed by atoms with Gasteiger partial charge in [0, 0.05) is 6.54 Å². The van der Waals surface area contributed by atoms with Crippen LogP contribution < -0.4 is 15.2 Å². The summed E-state index contributed by atoms with van der Waals surface area (Å²) < 4.78 is 15.6. The molecule has 0 atom stereocenters. The van der Waals surface area contributed by atoms with E-state index in [-0.39, 0.29) is 12.6 Å². The molecule has 0 heterocycles. The molecule has 0 aliphatic rings. The van der Waals surface area contributed by atoms with E-state index in [0.29, 0.717) is 18.0 Å². The van der Waals surface area contributed by atoms with Crippen LogP contribution in [0, 0.1) is 5.41 Å². The quantitative estimate of drug-likeness (QED) is 0.795. The van der Waals surface area contributed by atoms with E-state index in [1.54, 1.807) is 27.0 Å². The lowest BCUT2D eigenvalue weighted by molar-refractivity contribution is -0.152. The van der Waals surface area contributed by atoms with Gasteiger partial charge in [-0.1, -0.05) is 6.07 Å². The Balaban J connectivity index is 2.80. The van der Waals surface area contributed by atoms with Crippen LogP contribution in [0.1, 0.15) is 19.4 Å². The Kier molecular flexibility index (Phi) is 5.18. The second-order valence-corrected chi connectivity index (χ2v) is 4.85. The lowest BCUT2D eigenvalue weighted by atomic mass is 9.95. The number of nitrogens with two attached hydrogens (primary N) is 1. The average molecular weight is 267 g/mol. The molecule has 2 N–H and O–H groups in total. The molecule has 5 heteroatoms. The fourth-order valence-corrected chi connectivity index (χ4v) is 1.55. The van der Waals surface area contributed by atoms with E-state index in [9.17, 15) is 4.79 Å². The van der Waals surface area contributed by atoms with Crippen molar-refractivity contribution < 1.29 is 19.0 Å². The highest BCUT2D eigenvalue weighted by Crippen LogP contribution is 2.30. The fraction of sp³-hybridized carbons (Fsp3) is 0.500. The maximum Gasteiger partial charge on any atom is 0.314 e. The number of rotatable bonds is 6. The number of hydrogen-bond donors (Lipinski definition) is 1. The lowest BCUT2D eigenvalue weighted by Crippen LogP contribution is -2.32. The monoisotopic (exact) mass is 267 g/mol. The lowest BCUT2D eigenvalue weighted by Gasteiger charge is -2.22. The van der Waals surface area contributed by atoms with Gasteiger partial charge in [-0.05, 0) is 31.5 Å². The first kappa shape index (κ1) is 15.3. The summed E-state index contributed by atoms with van der Waals surface area (Å²) >= 11 is 0. The Hall–Kier alpha value is -1.75. The van der Waals surface area contributed by atoms with Crippen molar-refractivity contribution in [2.24, 2.45) is 11.1 Å². The minimum atomic E-state index is -0.716. The third kappa shape index (κ3) is 3.86. The predicted molar refractivity (Wildman–Crippen MR) is 72.2 cm³/mol. The fourth-order valence-electron chi connectivity index (χ4n) is 1.55. The van der Waals surface area contributed by atoms with Crippen LogP contribution in [0.4, 0.5) is 0 Å². The Morgan fingerprint density at radius 1 is 1.26 bits per heavy atom. The maximum atomic E-state index is 11.6. The highest BCUT2D eigenvalue weighted by molar-refractivity contribution is 5.75. The summed E-state index contributed by atoms with van der Waals surface area (Å²) in [6.45, 7) is 4.17. The first-order valence-corrected chi connectivity index (χ1v) is 6.03. The Morgan fingerprint density at radius 2 is 1.95 bits per heavy atom. The predicted octanol–water partition coefficient (Wildman–Crippen LogP) is 1.73. The largest absolute Gasteiger partial charge is 0.493 e. The van der Waals surface area contributed by atoms with Gasteiger partial charge < -0.3 is 19.9 Å². The van der Waals surface area contributed by atoms with Crippen molar-refractivity contribution in [2.45, 2.75) is 20.4 Å². The third-order valence-corrected chi connectivity index (χ3v) is 2.79. The molecule has 1 aromatic carbocycles. The van der Waals surface area contributed by atoms with Gasteiger partial charge in [-0.3, -0.25) is 4.79 Å². The molecule has 0 amide bonds. The standard InChI is InChI=1S/C14H21NO4/c1-14(2,13(16)18-4)9-19-11-6-5-10(8-15)7-12(11)17-3/h5-7H,8-9,15H2,1-4H3. The minimum Gasteiger partial charge on any atom is -0.493 e. The molecule has 0 fully saturated rings. The molecule has 0 saturated heterocycles. The molecule has 19 heavy (non-hydrogen) atoms. The SMILES string of the molecule is COC(=O)C(C)(C)COc1ccc(CN)cc1OC. The molecule has 0 aromatic heterocycles. The first-order chi connectivity index (χ1) is 8.94. The van der Waals surface area contributed by atoms with Gasteiger partial charge in [0.2, 0.25) is 0 Å². The molecule has 106 valence electrons. The van der Waals surface area contributed by atoms with Crippen LogP contribution in [0.5, 0.6) is 11.5 Å². The number of methoxy groups -OCH3 is 2. The summed E-state index contributed by atoms with van der Waals surface area (Å²) in [7, 11) is 2.93. The van der Waals surface area contributed by atoms with Gasteiger partial charge in [0.15, 0.2) is 11.5 Å². The average Bonchev–Trinajstić information content (AvgIpc) is 2.43. The number of ether oxygens (including phenoxy) is 3. The Morgan fingerprint density at radius 3 is 2.47 bits per heavy atom. The van der Waals surface area contributed by atoms with E-state index in [4.69, 9.17) is 19.9 Å². The number of carbonyl (C=O) groups is 1. The van der Waals surface area contributed by atoms with Crippen LogP contribution in [0.25, 0.3) is 0 Å². The van der Waals surface area contributed by atoms with Crippen LogP contribution in [-0.2, 0) is 16.1 Å². The normalized spacial score (nSPS) is 11.0. The summed E-state index contributed by atoms with van der Waals surface area (Å²) in [5.41, 5.74) is 5.81. The van der Waals surface area contributed by atoms with Crippen molar-refractivity contribution >= 4 is 5.97 Å². The summed E-state index contributed by atoms with van der Waals surface area (Å²) in [5, 5.41) is 0. The molecule has 0 aliphatic carbocycles. The van der Waals surface area contributed by atoms with Crippen LogP contribution in [0.3, 0.4) is 0 Å². The molecule has 0 bridgehead atoms. The first-order valence-electron chi connectivity index (χ1n) is 6.03.